The second kappa shape index (κ2) is 28.1. The van der Waals surface area contributed by atoms with Crippen molar-refractivity contribution < 1.29 is 67.6 Å². The zero-order chi connectivity index (χ0) is 51.9. The first-order valence-corrected chi connectivity index (χ1v) is 26.1. The minimum absolute atomic E-state index is 0.00536. The van der Waals surface area contributed by atoms with Gasteiger partial charge in [-0.3, -0.25) is 14.6 Å². The van der Waals surface area contributed by atoms with Gasteiger partial charge in [0.1, 0.15) is 30.1 Å². The van der Waals surface area contributed by atoms with Crippen LogP contribution in [0.15, 0.2) is 65.5 Å². The Kier molecular flexibility index (Phi) is 22.4. The van der Waals surface area contributed by atoms with E-state index in [9.17, 15) is 24.9 Å². The lowest BCUT2D eigenvalue weighted by Crippen LogP contribution is -2.63. The molecule has 0 spiro atoms. The van der Waals surface area contributed by atoms with Crippen LogP contribution in [-0.2, 0) is 52.3 Å². The van der Waals surface area contributed by atoms with Crippen molar-refractivity contribution in [3.8, 4) is 22.4 Å². The van der Waals surface area contributed by atoms with Crippen LogP contribution in [0.1, 0.15) is 78.0 Å². The average Bonchev–Trinajstić information content (AvgIpc) is 3.84. The molecule has 3 aliphatic heterocycles. The molecule has 1 unspecified atom stereocenters. The molecule has 5 heterocycles. The van der Waals surface area contributed by atoms with E-state index in [1.54, 1.807) is 51.4 Å². The molecule has 0 amide bonds. The number of hydrogen-bond donors (Lipinski definition) is 3. The largest absolute Gasteiger partial charge is 0.462 e. The maximum Gasteiger partial charge on any atom is 0.308 e. The van der Waals surface area contributed by atoms with Gasteiger partial charge in [-0.1, -0.05) is 61.6 Å². The summed E-state index contributed by atoms with van der Waals surface area (Å²) in [6, 6.07) is 8.98. The quantitative estimate of drug-likeness (QED) is 0.106. The van der Waals surface area contributed by atoms with Crippen molar-refractivity contribution in [2.45, 2.75) is 147 Å². The Labute approximate surface area is 429 Å². The van der Waals surface area contributed by atoms with E-state index >= 15 is 0 Å². The minimum Gasteiger partial charge on any atom is -0.462 e. The van der Waals surface area contributed by atoms with E-state index in [4.69, 9.17) is 42.7 Å². The Bertz CT molecular complexity index is 2180. The van der Waals surface area contributed by atoms with Gasteiger partial charge in [0.15, 0.2) is 18.7 Å². The number of pyridine rings is 1. The molecule has 18 heteroatoms. The Morgan fingerprint density at radius 3 is 2.47 bits per heavy atom. The number of thiophene rings is 1. The van der Waals surface area contributed by atoms with Gasteiger partial charge in [-0.25, -0.2) is 0 Å². The van der Waals surface area contributed by atoms with Gasteiger partial charge in [0, 0.05) is 44.8 Å². The normalized spacial score (nSPS) is 36.4. The Balaban J connectivity index is 1.30. The van der Waals surface area contributed by atoms with Gasteiger partial charge in [0.05, 0.1) is 84.4 Å². The molecule has 2 bridgehead atoms. The van der Waals surface area contributed by atoms with Crippen LogP contribution in [0, 0.1) is 35.5 Å². The van der Waals surface area contributed by atoms with Crippen molar-refractivity contribution in [3.05, 3.63) is 65.2 Å². The molecule has 3 N–H and O–H groups in total. The van der Waals surface area contributed by atoms with Crippen LogP contribution >= 0.6 is 11.3 Å². The SMILES string of the molecule is CC[C@H]1OC(=O)C[C@H]2OC/C(=N/OCC#Cc3ccc(-c4ccccn4)s3)COCCC(C[C@@H](C)C(=O)/C=C/C(C)=C/[C@@H]1CO[C@@H]1CC[C@@H](O)[C@@H](OC)[C@H]1OC)[C@H](O[C@@H]1O[C@H](C)[C@@H](O)[C@H](N(C)C)[C@H]1O)[C@H]2C. The van der Waals surface area contributed by atoms with Crippen LogP contribution in [0.25, 0.3) is 10.6 Å². The maximum absolute atomic E-state index is 14.5. The molecule has 398 valence electrons. The van der Waals surface area contributed by atoms with Crippen LogP contribution in [0.4, 0.5) is 0 Å². The fraction of sp³-hybridized carbons (Fsp3) is 0.667. The number of methoxy groups -OCH3 is 2. The molecule has 1 saturated carbocycles. The number of aliphatic hydroxyl groups excluding tert-OH is 3. The third-order valence-electron chi connectivity index (χ3n) is 14.2. The molecule has 0 radical (unpaired) electrons. The summed E-state index contributed by atoms with van der Waals surface area (Å²) >= 11 is 1.53. The molecular weight excluding hydrogens is 947 g/mol. The van der Waals surface area contributed by atoms with Crippen LogP contribution in [0.5, 0.6) is 0 Å². The van der Waals surface area contributed by atoms with E-state index in [0.717, 1.165) is 21.0 Å². The second-order valence-electron chi connectivity index (χ2n) is 19.7. The van der Waals surface area contributed by atoms with Crippen LogP contribution < -0.4 is 0 Å². The molecule has 1 aliphatic carbocycles. The number of nitrogens with zero attached hydrogens (tertiary/aromatic N) is 3. The summed E-state index contributed by atoms with van der Waals surface area (Å²) in [5.41, 5.74) is 2.09. The zero-order valence-corrected chi connectivity index (χ0v) is 44.1. The number of esters is 1. The highest BCUT2D eigenvalue weighted by atomic mass is 32.1. The third kappa shape index (κ3) is 15.6. The van der Waals surface area contributed by atoms with Crippen molar-refractivity contribution >= 4 is 28.8 Å². The standard InChI is InChI=1S/C54H77N3O14S/c1-10-43-37(29-66-44-20-19-42(59)52(63-8)53(44)64-9)26-32(2)16-18-41(58)33(3)27-36-22-25-65-30-38(56-68-24-13-14-39-17-21-46(72-39)40-15-11-12-23-55-40)31-67-45(28-47(60)70-43)34(4)51(36)71-54-50(62)48(57(6)7)49(61)35(5)69-54/h11-12,15-18,21,23,26,33-37,42-45,48-54,59,61-62H,10,19-20,22,24-25,27-31H2,1-9H3/b18-16+,32-26+,56-38+/t33-,34+,35-,36?,37-,42-,43-,44-,45-,48+,49-,50-,51-,52-,53+,54+/m1/s1. The highest BCUT2D eigenvalue weighted by Crippen LogP contribution is 2.36. The number of cyclic esters (lactones) is 1. The zero-order valence-electron chi connectivity index (χ0n) is 43.3. The monoisotopic (exact) mass is 1020 g/mol. The van der Waals surface area contributed by atoms with E-state index in [2.05, 4.69) is 22.0 Å². The first-order chi connectivity index (χ1) is 34.6. The van der Waals surface area contributed by atoms with E-state index in [1.165, 1.54) is 18.4 Å². The number of ether oxygens (including phenoxy) is 8. The summed E-state index contributed by atoms with van der Waals surface area (Å²) in [5.74, 6) is 3.71. The van der Waals surface area contributed by atoms with E-state index in [0.29, 0.717) is 37.8 Å². The maximum atomic E-state index is 14.5. The highest BCUT2D eigenvalue weighted by molar-refractivity contribution is 7.16. The van der Waals surface area contributed by atoms with Gasteiger partial charge in [0.25, 0.3) is 0 Å². The van der Waals surface area contributed by atoms with Gasteiger partial charge in [0.2, 0.25) is 0 Å². The molecule has 0 aromatic carbocycles. The highest BCUT2D eigenvalue weighted by Gasteiger charge is 2.48. The Hall–Kier alpha value is -3.94. The molecule has 72 heavy (non-hydrogen) atoms. The van der Waals surface area contributed by atoms with Crippen molar-refractivity contribution in [2.24, 2.45) is 28.8 Å². The van der Waals surface area contributed by atoms with Crippen LogP contribution in [-0.4, -0.2) is 177 Å². The molecule has 4 aliphatic rings. The fourth-order valence-corrected chi connectivity index (χ4v) is 11.0. The number of aromatic nitrogens is 1. The molecule has 16 atom stereocenters. The topological polar surface area (TPSA) is 206 Å². The molecule has 2 saturated heterocycles. The summed E-state index contributed by atoms with van der Waals surface area (Å²) in [6.45, 7) is 9.75. The number of carbonyl (C=O) groups is 2. The number of hydrogen-bond acceptors (Lipinski definition) is 18. The summed E-state index contributed by atoms with van der Waals surface area (Å²) in [4.78, 5) is 42.3. The van der Waals surface area contributed by atoms with E-state index in [-0.39, 0.29) is 51.2 Å². The summed E-state index contributed by atoms with van der Waals surface area (Å²) in [6.07, 6.45) is 0.566. The molecule has 2 aromatic heterocycles. The lowest BCUT2D eigenvalue weighted by atomic mass is 9.79. The molecule has 6 rings (SSSR count). The number of ketones is 1. The fourth-order valence-electron chi connectivity index (χ4n) is 10.2. The lowest BCUT2D eigenvalue weighted by molar-refractivity contribution is -0.305. The van der Waals surface area contributed by atoms with E-state index in [1.807, 2.05) is 64.1 Å². The summed E-state index contributed by atoms with van der Waals surface area (Å²) < 4.78 is 50.4. The third-order valence-corrected chi connectivity index (χ3v) is 15.2. The lowest BCUT2D eigenvalue weighted by Gasteiger charge is -2.47. The first kappa shape index (κ1) is 57.3. The number of likely N-dealkylation sites (N-methyl/N-ethyl adjacent to an activating group) is 1. The minimum atomic E-state index is -1.25. The van der Waals surface area contributed by atoms with E-state index < -0.39 is 97.1 Å². The molecule has 17 nitrogen and oxygen atoms in total. The number of rotatable bonds is 12. The number of aliphatic hydroxyl groups is 3. The van der Waals surface area contributed by atoms with Gasteiger partial charge in [-0.2, -0.15) is 0 Å². The van der Waals surface area contributed by atoms with Crippen molar-refractivity contribution in [2.75, 3.05) is 61.3 Å². The Morgan fingerprint density at radius 1 is 0.958 bits per heavy atom. The molecule has 3 fully saturated rings. The van der Waals surface area contributed by atoms with Crippen molar-refractivity contribution in [3.63, 3.8) is 0 Å². The average molecular weight is 1020 g/mol. The van der Waals surface area contributed by atoms with Crippen molar-refractivity contribution in [1.29, 1.82) is 0 Å². The van der Waals surface area contributed by atoms with Gasteiger partial charge in [-0.05, 0) is 96.3 Å². The van der Waals surface area contributed by atoms with Crippen molar-refractivity contribution in [1.82, 2.24) is 9.88 Å². The first-order valence-electron chi connectivity index (χ1n) is 25.3. The summed E-state index contributed by atoms with van der Waals surface area (Å²) in [7, 11) is 6.65. The van der Waals surface area contributed by atoms with Crippen LogP contribution in [0.2, 0.25) is 0 Å². The summed E-state index contributed by atoms with van der Waals surface area (Å²) in [5, 5.41) is 37.9. The molecule has 2 aromatic rings. The molecular formula is C54H77N3O14S. The number of carbonyl (C=O) groups excluding carboxylic acids is 2. The predicted molar refractivity (Wildman–Crippen MR) is 271 cm³/mol. The number of fused-ring (bicyclic) bond motifs is 3. The second-order valence-corrected chi connectivity index (χ2v) is 20.8. The Morgan fingerprint density at radius 2 is 1.75 bits per heavy atom. The predicted octanol–water partition coefficient (Wildman–Crippen LogP) is 5.38. The number of oxime groups is 1. The number of allylic oxidation sites excluding steroid dienone is 3. The van der Waals surface area contributed by atoms with Gasteiger partial charge >= 0.3 is 5.97 Å². The smallest absolute Gasteiger partial charge is 0.308 e. The van der Waals surface area contributed by atoms with Gasteiger partial charge in [-0.15, -0.1) is 11.3 Å². The van der Waals surface area contributed by atoms with Crippen LogP contribution in [0.3, 0.4) is 0 Å². The van der Waals surface area contributed by atoms with Gasteiger partial charge < -0.3 is 63.0 Å².